The van der Waals surface area contributed by atoms with Gasteiger partial charge in [-0.2, -0.15) is 0 Å². The van der Waals surface area contributed by atoms with Crippen LogP contribution in [-0.4, -0.2) is 37.0 Å². The summed E-state index contributed by atoms with van der Waals surface area (Å²) in [5.74, 6) is 0.366. The van der Waals surface area contributed by atoms with Gasteiger partial charge in [0.05, 0.1) is 0 Å². The first kappa shape index (κ1) is 9.00. The summed E-state index contributed by atoms with van der Waals surface area (Å²) in [7, 11) is 0. The molecule has 0 saturated carbocycles. The Kier molecular flexibility index (Phi) is 2.28. The van der Waals surface area contributed by atoms with Crippen molar-refractivity contribution in [2.24, 2.45) is 5.41 Å². The van der Waals surface area contributed by atoms with Gasteiger partial charge in [0, 0.05) is 31.5 Å². The number of hydrogen-bond acceptors (Lipinski definition) is 2. The minimum absolute atomic E-state index is 0.298. The molecule has 2 heterocycles. The van der Waals surface area contributed by atoms with E-state index in [2.05, 4.69) is 12.2 Å². The normalized spacial score (nSPS) is 33.6. The first-order valence-corrected chi connectivity index (χ1v) is 5.24. The summed E-state index contributed by atoms with van der Waals surface area (Å²) in [6.07, 6.45) is 3.04. The number of likely N-dealkylation sites (tertiary alicyclic amines) is 1. The topological polar surface area (TPSA) is 32.3 Å². The summed E-state index contributed by atoms with van der Waals surface area (Å²) >= 11 is 0. The minimum Gasteiger partial charge on any atom is -0.342 e. The number of carbonyl (C=O) groups is 1. The van der Waals surface area contributed by atoms with Crippen molar-refractivity contribution < 1.29 is 4.79 Å². The molecule has 3 heteroatoms. The lowest BCUT2D eigenvalue weighted by atomic mass is 9.86. The van der Waals surface area contributed by atoms with Gasteiger partial charge in [-0.1, -0.05) is 6.92 Å². The Balaban J connectivity index is 2.01. The Hall–Kier alpha value is -0.570. The van der Waals surface area contributed by atoms with Gasteiger partial charge in [-0.3, -0.25) is 4.79 Å². The first-order chi connectivity index (χ1) is 6.26. The summed E-state index contributed by atoms with van der Waals surface area (Å²) < 4.78 is 0. The van der Waals surface area contributed by atoms with Crippen molar-refractivity contribution in [3.05, 3.63) is 0 Å². The molecule has 2 rings (SSSR count). The van der Waals surface area contributed by atoms with E-state index in [0.29, 0.717) is 11.3 Å². The molecule has 1 unspecified atom stereocenters. The molecule has 2 fully saturated rings. The number of carbonyl (C=O) groups excluding carboxylic acids is 1. The Morgan fingerprint density at radius 1 is 1.62 bits per heavy atom. The molecule has 1 atom stereocenters. The molecule has 0 bridgehead atoms. The first-order valence-electron chi connectivity index (χ1n) is 5.24. The van der Waals surface area contributed by atoms with Crippen molar-refractivity contribution in [2.45, 2.75) is 26.2 Å². The van der Waals surface area contributed by atoms with Gasteiger partial charge in [-0.15, -0.1) is 0 Å². The van der Waals surface area contributed by atoms with Crippen LogP contribution in [0.15, 0.2) is 0 Å². The van der Waals surface area contributed by atoms with E-state index in [1.807, 2.05) is 4.90 Å². The van der Waals surface area contributed by atoms with Crippen molar-refractivity contribution in [2.75, 3.05) is 26.2 Å². The van der Waals surface area contributed by atoms with E-state index >= 15 is 0 Å². The van der Waals surface area contributed by atoms with Crippen LogP contribution in [0.3, 0.4) is 0 Å². The molecule has 2 aliphatic rings. The third-order valence-electron chi connectivity index (χ3n) is 3.23. The zero-order valence-electron chi connectivity index (χ0n) is 8.31. The van der Waals surface area contributed by atoms with Gasteiger partial charge in [0.25, 0.3) is 0 Å². The van der Waals surface area contributed by atoms with Crippen molar-refractivity contribution >= 4 is 5.91 Å². The molecule has 0 aromatic carbocycles. The smallest absolute Gasteiger partial charge is 0.223 e. The van der Waals surface area contributed by atoms with Gasteiger partial charge in [0.2, 0.25) is 5.91 Å². The van der Waals surface area contributed by atoms with Crippen molar-refractivity contribution in [1.82, 2.24) is 10.2 Å². The molecule has 0 radical (unpaired) electrons. The fourth-order valence-electron chi connectivity index (χ4n) is 2.54. The average molecular weight is 182 g/mol. The van der Waals surface area contributed by atoms with E-state index in [-0.39, 0.29) is 0 Å². The lowest BCUT2D eigenvalue weighted by Gasteiger charge is -2.21. The van der Waals surface area contributed by atoms with E-state index in [9.17, 15) is 4.79 Å². The van der Waals surface area contributed by atoms with Gasteiger partial charge in [-0.05, 0) is 19.4 Å². The molecule has 0 aromatic rings. The van der Waals surface area contributed by atoms with Crippen LogP contribution in [0.4, 0.5) is 0 Å². The second-order valence-corrected chi connectivity index (χ2v) is 4.42. The Morgan fingerprint density at radius 3 is 3.08 bits per heavy atom. The zero-order chi connectivity index (χ0) is 9.31. The lowest BCUT2D eigenvalue weighted by Crippen LogP contribution is -2.30. The maximum absolute atomic E-state index is 11.6. The number of amides is 1. The molecule has 1 spiro atoms. The average Bonchev–Trinajstić information content (AvgIpc) is 2.63. The SMILES string of the molecule is CCCN1CC2(CCNC2)CC1=O. The van der Waals surface area contributed by atoms with Gasteiger partial charge < -0.3 is 10.2 Å². The predicted molar refractivity (Wildman–Crippen MR) is 51.4 cm³/mol. The highest BCUT2D eigenvalue weighted by molar-refractivity contribution is 5.79. The number of nitrogens with one attached hydrogen (secondary N) is 1. The van der Waals surface area contributed by atoms with Crippen LogP contribution in [0.5, 0.6) is 0 Å². The van der Waals surface area contributed by atoms with Gasteiger partial charge in [-0.25, -0.2) is 0 Å². The third-order valence-corrected chi connectivity index (χ3v) is 3.23. The molecule has 13 heavy (non-hydrogen) atoms. The molecule has 0 aliphatic carbocycles. The maximum Gasteiger partial charge on any atom is 0.223 e. The summed E-state index contributed by atoms with van der Waals surface area (Å²) in [6, 6.07) is 0. The summed E-state index contributed by atoms with van der Waals surface area (Å²) in [5, 5.41) is 3.36. The lowest BCUT2D eigenvalue weighted by molar-refractivity contribution is -0.127. The van der Waals surface area contributed by atoms with Crippen molar-refractivity contribution in [3.63, 3.8) is 0 Å². The standard InChI is InChI=1S/C10H18N2O/c1-2-5-12-8-10(6-9(12)13)3-4-11-7-10/h11H,2-8H2,1H3. The van der Waals surface area contributed by atoms with Crippen LogP contribution >= 0.6 is 0 Å². The van der Waals surface area contributed by atoms with E-state index in [4.69, 9.17) is 0 Å². The Labute approximate surface area is 79.5 Å². The van der Waals surface area contributed by atoms with Gasteiger partial charge in [0.1, 0.15) is 0 Å². The molecule has 0 aromatic heterocycles. The molecular weight excluding hydrogens is 164 g/mol. The van der Waals surface area contributed by atoms with Crippen molar-refractivity contribution in [3.8, 4) is 0 Å². The van der Waals surface area contributed by atoms with E-state index in [1.54, 1.807) is 0 Å². The van der Waals surface area contributed by atoms with Crippen LogP contribution in [-0.2, 0) is 4.79 Å². The summed E-state index contributed by atoms with van der Waals surface area (Å²) in [4.78, 5) is 13.7. The molecule has 2 aliphatic heterocycles. The highest BCUT2D eigenvalue weighted by Gasteiger charge is 2.44. The molecule has 74 valence electrons. The van der Waals surface area contributed by atoms with E-state index < -0.39 is 0 Å². The largest absolute Gasteiger partial charge is 0.342 e. The van der Waals surface area contributed by atoms with Crippen LogP contribution < -0.4 is 5.32 Å². The van der Waals surface area contributed by atoms with E-state index in [1.165, 1.54) is 6.42 Å². The van der Waals surface area contributed by atoms with Gasteiger partial charge in [0.15, 0.2) is 0 Å². The highest BCUT2D eigenvalue weighted by atomic mass is 16.2. The van der Waals surface area contributed by atoms with E-state index in [0.717, 1.165) is 39.0 Å². The fourth-order valence-corrected chi connectivity index (χ4v) is 2.54. The predicted octanol–water partition coefficient (Wildman–Crippen LogP) is 0.608. The third kappa shape index (κ3) is 1.57. The van der Waals surface area contributed by atoms with Crippen molar-refractivity contribution in [1.29, 1.82) is 0 Å². The van der Waals surface area contributed by atoms with Crippen LogP contribution in [0, 0.1) is 5.41 Å². The summed E-state index contributed by atoms with van der Waals surface area (Å²) in [5.41, 5.74) is 0.298. The fraction of sp³-hybridized carbons (Fsp3) is 0.900. The number of rotatable bonds is 2. The Bertz CT molecular complexity index is 209. The Morgan fingerprint density at radius 2 is 2.46 bits per heavy atom. The molecule has 3 nitrogen and oxygen atoms in total. The molecule has 2 saturated heterocycles. The second-order valence-electron chi connectivity index (χ2n) is 4.42. The zero-order valence-corrected chi connectivity index (χ0v) is 8.31. The quantitative estimate of drug-likeness (QED) is 0.678. The molecule has 1 amide bonds. The summed E-state index contributed by atoms with van der Waals surface area (Å²) in [6.45, 7) is 6.20. The van der Waals surface area contributed by atoms with Crippen LogP contribution in [0.1, 0.15) is 26.2 Å². The number of hydrogen-bond donors (Lipinski definition) is 1. The molecular formula is C10H18N2O. The van der Waals surface area contributed by atoms with Gasteiger partial charge >= 0.3 is 0 Å². The van der Waals surface area contributed by atoms with Crippen LogP contribution in [0.2, 0.25) is 0 Å². The molecule has 1 N–H and O–H groups in total. The highest BCUT2D eigenvalue weighted by Crippen LogP contribution is 2.36. The monoisotopic (exact) mass is 182 g/mol. The minimum atomic E-state index is 0.298. The number of nitrogens with zero attached hydrogens (tertiary/aromatic N) is 1. The second kappa shape index (κ2) is 3.29. The van der Waals surface area contributed by atoms with Crippen LogP contribution in [0.25, 0.3) is 0 Å². The maximum atomic E-state index is 11.6.